The number of phenolic OH excluding ortho intramolecular Hbond substituents is 1. The number of aromatic hydroxyl groups is 1. The fourth-order valence-corrected chi connectivity index (χ4v) is 1.40. The Morgan fingerprint density at radius 1 is 1.39 bits per heavy atom. The first-order valence-electron chi connectivity index (χ1n) is 5.32. The zero-order valence-electron chi connectivity index (χ0n) is 10.1. The minimum Gasteiger partial charge on any atom is -0.508 e. The minimum atomic E-state index is -4.28. The Morgan fingerprint density at radius 3 is 2.50 bits per heavy atom. The predicted octanol–water partition coefficient (Wildman–Crippen LogP) is 2.73. The number of phenols is 1. The van der Waals surface area contributed by atoms with E-state index in [4.69, 9.17) is 0 Å². The summed E-state index contributed by atoms with van der Waals surface area (Å²) in [5.74, 6) is -0.452. The summed E-state index contributed by atoms with van der Waals surface area (Å²) in [7, 11) is 1.32. The molecule has 0 aliphatic carbocycles. The number of aryl methyl sites for hydroxylation is 1. The second-order valence-electron chi connectivity index (χ2n) is 4.09. The van der Waals surface area contributed by atoms with E-state index in [-0.39, 0.29) is 17.9 Å². The van der Waals surface area contributed by atoms with Crippen LogP contribution < -0.4 is 0 Å². The normalized spacial score (nSPS) is 11.4. The molecule has 1 amide bonds. The molecule has 1 aromatic rings. The summed E-state index contributed by atoms with van der Waals surface area (Å²) in [6.07, 6.45) is -5.31. The Kier molecular flexibility index (Phi) is 4.21. The topological polar surface area (TPSA) is 40.5 Å². The van der Waals surface area contributed by atoms with Crippen LogP contribution in [0.3, 0.4) is 0 Å². The molecule has 18 heavy (non-hydrogen) atoms. The van der Waals surface area contributed by atoms with E-state index in [1.54, 1.807) is 6.92 Å². The highest BCUT2D eigenvalue weighted by atomic mass is 19.4. The maximum atomic E-state index is 12.0. The van der Waals surface area contributed by atoms with Gasteiger partial charge in [-0.15, -0.1) is 0 Å². The van der Waals surface area contributed by atoms with E-state index in [1.807, 2.05) is 0 Å². The lowest BCUT2D eigenvalue weighted by Crippen LogP contribution is -2.30. The molecule has 0 saturated heterocycles. The van der Waals surface area contributed by atoms with Crippen molar-refractivity contribution < 1.29 is 23.1 Å². The second kappa shape index (κ2) is 5.29. The Morgan fingerprint density at radius 2 is 2.00 bits per heavy atom. The number of hydrogen-bond donors (Lipinski definition) is 1. The standard InChI is InChI=1S/C12H14F3NO2/c1-8-7-9(3-4-10(8)17)11(18)16(2)6-5-12(13,14)15/h3-4,7,17H,5-6H2,1-2H3. The van der Waals surface area contributed by atoms with Crippen molar-refractivity contribution in [1.82, 2.24) is 4.90 Å². The Hall–Kier alpha value is -1.72. The third-order valence-corrected chi connectivity index (χ3v) is 2.52. The second-order valence-corrected chi connectivity index (χ2v) is 4.09. The third kappa shape index (κ3) is 3.94. The maximum Gasteiger partial charge on any atom is 0.390 e. The monoisotopic (exact) mass is 261 g/mol. The lowest BCUT2D eigenvalue weighted by atomic mass is 10.1. The molecule has 0 fully saturated rings. The van der Waals surface area contributed by atoms with Crippen molar-refractivity contribution >= 4 is 5.91 Å². The van der Waals surface area contributed by atoms with Crippen molar-refractivity contribution in [2.75, 3.05) is 13.6 Å². The quantitative estimate of drug-likeness (QED) is 0.908. The number of nitrogens with zero attached hydrogens (tertiary/aromatic N) is 1. The first-order chi connectivity index (χ1) is 8.20. The molecule has 0 atom stereocenters. The number of alkyl halides is 3. The lowest BCUT2D eigenvalue weighted by Gasteiger charge is -2.18. The van der Waals surface area contributed by atoms with Gasteiger partial charge >= 0.3 is 6.18 Å². The molecule has 1 aromatic carbocycles. The Bertz CT molecular complexity index is 443. The van der Waals surface area contributed by atoms with E-state index in [9.17, 15) is 23.1 Å². The first-order valence-corrected chi connectivity index (χ1v) is 5.32. The SMILES string of the molecule is Cc1cc(C(=O)N(C)CCC(F)(F)F)ccc1O. The minimum absolute atomic E-state index is 0.0458. The fraction of sp³-hybridized carbons (Fsp3) is 0.417. The molecule has 0 heterocycles. The van der Waals surface area contributed by atoms with Gasteiger partial charge in [0.1, 0.15) is 5.75 Å². The third-order valence-electron chi connectivity index (χ3n) is 2.52. The summed E-state index contributed by atoms with van der Waals surface area (Å²) in [4.78, 5) is 12.8. The van der Waals surface area contributed by atoms with E-state index >= 15 is 0 Å². The number of carbonyl (C=O) groups excluding carboxylic acids is 1. The van der Waals surface area contributed by atoms with E-state index in [0.717, 1.165) is 4.90 Å². The molecule has 0 saturated carbocycles. The van der Waals surface area contributed by atoms with Gasteiger partial charge in [-0.3, -0.25) is 4.79 Å². The number of hydrogen-bond acceptors (Lipinski definition) is 2. The van der Waals surface area contributed by atoms with Gasteiger partial charge in [-0.05, 0) is 30.7 Å². The van der Waals surface area contributed by atoms with Crippen LogP contribution in [0.15, 0.2) is 18.2 Å². The lowest BCUT2D eigenvalue weighted by molar-refractivity contribution is -0.136. The summed E-state index contributed by atoms with van der Waals surface area (Å²) in [5, 5.41) is 9.30. The Labute approximate surface area is 103 Å². The molecule has 0 unspecified atom stereocenters. The molecule has 3 nitrogen and oxygen atoms in total. The van der Waals surface area contributed by atoms with Crippen molar-refractivity contribution in [1.29, 1.82) is 0 Å². The summed E-state index contributed by atoms with van der Waals surface area (Å²) in [6.45, 7) is 1.23. The van der Waals surface area contributed by atoms with Gasteiger partial charge in [0.15, 0.2) is 0 Å². The number of rotatable bonds is 3. The zero-order chi connectivity index (χ0) is 13.9. The molecular formula is C12H14F3NO2. The molecule has 100 valence electrons. The predicted molar refractivity (Wildman–Crippen MR) is 60.5 cm³/mol. The smallest absolute Gasteiger partial charge is 0.390 e. The van der Waals surface area contributed by atoms with Gasteiger partial charge < -0.3 is 10.0 Å². The molecule has 0 aliphatic heterocycles. The summed E-state index contributed by atoms with van der Waals surface area (Å²) >= 11 is 0. The van der Waals surface area contributed by atoms with E-state index < -0.39 is 18.5 Å². The van der Waals surface area contributed by atoms with Crippen LogP contribution in [0.5, 0.6) is 5.75 Å². The largest absolute Gasteiger partial charge is 0.508 e. The zero-order valence-corrected chi connectivity index (χ0v) is 10.1. The average Bonchev–Trinajstić information content (AvgIpc) is 2.27. The highest BCUT2D eigenvalue weighted by Gasteiger charge is 2.28. The van der Waals surface area contributed by atoms with Crippen LogP contribution in [0.1, 0.15) is 22.3 Å². The van der Waals surface area contributed by atoms with Gasteiger partial charge in [0.05, 0.1) is 6.42 Å². The molecule has 0 aromatic heterocycles. The number of halogens is 3. The molecule has 0 spiro atoms. The molecular weight excluding hydrogens is 247 g/mol. The number of benzene rings is 1. The molecule has 1 rings (SSSR count). The van der Waals surface area contributed by atoms with Gasteiger partial charge in [0, 0.05) is 19.2 Å². The van der Waals surface area contributed by atoms with Crippen LogP contribution in [-0.2, 0) is 0 Å². The molecule has 0 radical (unpaired) electrons. The van der Waals surface area contributed by atoms with Crippen molar-refractivity contribution in [3.8, 4) is 5.75 Å². The van der Waals surface area contributed by atoms with Crippen LogP contribution in [0, 0.1) is 6.92 Å². The number of carbonyl (C=O) groups is 1. The van der Waals surface area contributed by atoms with Gasteiger partial charge in [0.25, 0.3) is 5.91 Å². The van der Waals surface area contributed by atoms with Crippen LogP contribution in [-0.4, -0.2) is 35.7 Å². The van der Waals surface area contributed by atoms with Crippen LogP contribution >= 0.6 is 0 Å². The van der Waals surface area contributed by atoms with Gasteiger partial charge in [0.2, 0.25) is 0 Å². The van der Waals surface area contributed by atoms with E-state index in [2.05, 4.69) is 0 Å². The molecule has 0 aliphatic rings. The molecule has 0 bridgehead atoms. The number of amides is 1. The Balaban J connectivity index is 2.71. The average molecular weight is 261 g/mol. The summed E-state index contributed by atoms with van der Waals surface area (Å²) in [6, 6.07) is 4.18. The van der Waals surface area contributed by atoms with E-state index in [0.29, 0.717) is 5.56 Å². The summed E-state index contributed by atoms with van der Waals surface area (Å²) in [5.41, 5.74) is 0.764. The van der Waals surface area contributed by atoms with Crippen LogP contribution in [0.25, 0.3) is 0 Å². The van der Waals surface area contributed by atoms with Crippen molar-refractivity contribution in [2.24, 2.45) is 0 Å². The molecule has 6 heteroatoms. The van der Waals surface area contributed by atoms with Crippen LogP contribution in [0.2, 0.25) is 0 Å². The van der Waals surface area contributed by atoms with Crippen molar-refractivity contribution in [3.63, 3.8) is 0 Å². The van der Waals surface area contributed by atoms with Gasteiger partial charge in [-0.25, -0.2) is 0 Å². The highest BCUT2D eigenvalue weighted by molar-refractivity contribution is 5.94. The van der Waals surface area contributed by atoms with Gasteiger partial charge in [-0.1, -0.05) is 0 Å². The van der Waals surface area contributed by atoms with Crippen molar-refractivity contribution in [3.05, 3.63) is 29.3 Å². The molecule has 1 N–H and O–H groups in total. The first kappa shape index (κ1) is 14.3. The van der Waals surface area contributed by atoms with E-state index in [1.165, 1.54) is 25.2 Å². The fourth-order valence-electron chi connectivity index (χ4n) is 1.40. The van der Waals surface area contributed by atoms with Gasteiger partial charge in [-0.2, -0.15) is 13.2 Å². The van der Waals surface area contributed by atoms with Crippen LogP contribution in [0.4, 0.5) is 13.2 Å². The maximum absolute atomic E-state index is 12.0. The van der Waals surface area contributed by atoms with Crippen molar-refractivity contribution in [2.45, 2.75) is 19.5 Å². The highest BCUT2D eigenvalue weighted by Crippen LogP contribution is 2.21. The summed E-state index contributed by atoms with van der Waals surface area (Å²) < 4.78 is 36.1.